The van der Waals surface area contributed by atoms with Crippen LogP contribution in [-0.2, 0) is 11.0 Å². The van der Waals surface area contributed by atoms with Gasteiger partial charge in [0.15, 0.2) is 8.32 Å². The van der Waals surface area contributed by atoms with Crippen LogP contribution in [0.3, 0.4) is 0 Å². The Morgan fingerprint density at radius 3 is 2.62 bits per heavy atom. The van der Waals surface area contributed by atoms with Gasteiger partial charge in [0.2, 0.25) is 0 Å². The van der Waals surface area contributed by atoms with Gasteiger partial charge in [-0.2, -0.15) is 0 Å². The molecule has 0 aliphatic rings. The molecular weight excluding hydrogens is 282 g/mol. The topological polar surface area (TPSA) is 22.1 Å². The summed E-state index contributed by atoms with van der Waals surface area (Å²) in [6, 6.07) is 7.12. The number of halogens is 1. The molecule has 0 atom stereocenters. The summed E-state index contributed by atoms with van der Waals surface area (Å²) >= 11 is 3.37. The minimum Gasteiger partial charge on any atom is -0.411 e. The van der Waals surface area contributed by atoms with E-state index in [1.54, 1.807) is 0 Å². The zero-order valence-corrected chi connectivity index (χ0v) is 13.0. The van der Waals surface area contributed by atoms with Crippen LogP contribution in [0.5, 0.6) is 0 Å². The smallest absolute Gasteiger partial charge is 0.187 e. The quantitative estimate of drug-likeness (QED) is 0.600. The molecule has 0 radical (unpaired) electrons. The normalized spacial score (nSPS) is 12.1. The molecule has 0 saturated heterocycles. The first-order valence-corrected chi connectivity index (χ1v) is 9.55. The molecule has 0 spiro atoms. The minimum absolute atomic E-state index is 0.630. The van der Waals surface area contributed by atoms with Gasteiger partial charge in [-0.05, 0) is 53.1 Å². The highest BCUT2D eigenvalue weighted by molar-refractivity contribution is 9.10. The first-order chi connectivity index (χ1) is 7.39. The molecule has 0 aliphatic heterocycles. The van der Waals surface area contributed by atoms with Crippen molar-refractivity contribution in [3.63, 3.8) is 0 Å². The van der Waals surface area contributed by atoms with E-state index >= 15 is 0 Å². The number of aromatic nitrogens is 1. The van der Waals surface area contributed by atoms with E-state index in [-0.39, 0.29) is 0 Å². The van der Waals surface area contributed by atoms with Gasteiger partial charge in [-0.3, -0.25) is 0 Å². The van der Waals surface area contributed by atoms with E-state index in [0.717, 1.165) is 10.3 Å². The number of hydrogen-bond donors (Lipinski definition) is 0. The van der Waals surface area contributed by atoms with Gasteiger partial charge in [0, 0.05) is 0 Å². The first kappa shape index (κ1) is 13.9. The lowest BCUT2D eigenvalue weighted by Gasteiger charge is -2.24. The predicted octanol–water partition coefficient (Wildman–Crippen LogP) is 4.22. The van der Waals surface area contributed by atoms with E-state index in [0.29, 0.717) is 12.5 Å². The summed E-state index contributed by atoms with van der Waals surface area (Å²) in [6.07, 6.45) is 0. The molecule has 0 unspecified atom stereocenters. The van der Waals surface area contributed by atoms with Crippen molar-refractivity contribution in [2.75, 3.05) is 0 Å². The Kier molecular flexibility index (Phi) is 5.15. The Labute approximate surface area is 108 Å². The molecule has 0 aromatic carbocycles. The fourth-order valence-electron chi connectivity index (χ4n) is 1.84. The number of rotatable bonds is 5. The van der Waals surface area contributed by atoms with E-state index in [2.05, 4.69) is 47.9 Å². The molecule has 0 fully saturated rings. The summed E-state index contributed by atoms with van der Waals surface area (Å²) in [5.74, 6) is 0.706. The van der Waals surface area contributed by atoms with E-state index in [1.807, 2.05) is 18.2 Å². The zero-order valence-electron chi connectivity index (χ0n) is 10.5. The Hall–Kier alpha value is -0.193. The molecule has 1 aromatic heterocycles. The van der Waals surface area contributed by atoms with Crippen LogP contribution in [0.25, 0.3) is 0 Å². The summed E-state index contributed by atoms with van der Waals surface area (Å²) in [6.45, 7) is 9.66. The maximum atomic E-state index is 6.04. The monoisotopic (exact) mass is 301 g/mol. The molecule has 0 N–H and O–H groups in total. The molecule has 2 nitrogen and oxygen atoms in total. The van der Waals surface area contributed by atoms with Crippen LogP contribution in [-0.4, -0.2) is 13.3 Å². The Balaban J connectivity index is 2.50. The molecular formula is C12H20BrNOSi. The van der Waals surface area contributed by atoms with Crippen LogP contribution < -0.4 is 0 Å². The Bertz CT molecular complexity index is 342. The van der Waals surface area contributed by atoms with Gasteiger partial charge in [0.25, 0.3) is 0 Å². The summed E-state index contributed by atoms with van der Waals surface area (Å²) < 4.78 is 6.91. The van der Waals surface area contributed by atoms with Gasteiger partial charge in [-0.1, -0.05) is 19.9 Å². The van der Waals surface area contributed by atoms with Crippen molar-refractivity contribution in [3.05, 3.63) is 28.5 Å². The fraction of sp³-hybridized carbons (Fsp3) is 0.583. The second-order valence-electron chi connectivity index (χ2n) is 5.10. The van der Waals surface area contributed by atoms with Crippen molar-refractivity contribution < 1.29 is 4.43 Å². The second kappa shape index (κ2) is 5.94. The zero-order chi connectivity index (χ0) is 12.2. The highest BCUT2D eigenvalue weighted by atomic mass is 79.9. The number of pyridine rings is 1. The number of nitrogens with zero attached hydrogens (tertiary/aromatic N) is 1. The van der Waals surface area contributed by atoms with Crippen LogP contribution >= 0.6 is 15.9 Å². The first-order valence-electron chi connectivity index (χ1n) is 5.64. The van der Waals surface area contributed by atoms with Crippen LogP contribution in [0, 0.1) is 5.92 Å². The molecule has 90 valence electrons. The van der Waals surface area contributed by atoms with Crippen molar-refractivity contribution in [3.8, 4) is 0 Å². The molecule has 1 rings (SSSR count). The van der Waals surface area contributed by atoms with E-state index in [9.17, 15) is 0 Å². The molecule has 0 amide bonds. The predicted molar refractivity (Wildman–Crippen MR) is 73.9 cm³/mol. The summed E-state index contributed by atoms with van der Waals surface area (Å²) in [5.41, 5.74) is 0.999. The highest BCUT2D eigenvalue weighted by Gasteiger charge is 2.23. The van der Waals surface area contributed by atoms with Crippen molar-refractivity contribution in [2.24, 2.45) is 5.92 Å². The number of hydrogen-bond acceptors (Lipinski definition) is 2. The lowest BCUT2D eigenvalue weighted by atomic mass is 10.3. The van der Waals surface area contributed by atoms with Gasteiger partial charge in [-0.25, -0.2) is 4.98 Å². The van der Waals surface area contributed by atoms with Gasteiger partial charge < -0.3 is 4.43 Å². The van der Waals surface area contributed by atoms with Gasteiger partial charge in [0.1, 0.15) is 4.60 Å². The maximum absolute atomic E-state index is 6.04. The van der Waals surface area contributed by atoms with Gasteiger partial charge >= 0.3 is 0 Å². The summed E-state index contributed by atoms with van der Waals surface area (Å²) in [7, 11) is -1.52. The van der Waals surface area contributed by atoms with Crippen molar-refractivity contribution in [2.45, 2.75) is 39.6 Å². The van der Waals surface area contributed by atoms with Crippen LogP contribution in [0.4, 0.5) is 0 Å². The molecule has 4 heteroatoms. The second-order valence-corrected chi connectivity index (χ2v) is 10.1. The Morgan fingerprint density at radius 2 is 2.06 bits per heavy atom. The van der Waals surface area contributed by atoms with Crippen molar-refractivity contribution in [1.82, 2.24) is 4.98 Å². The largest absolute Gasteiger partial charge is 0.411 e. The third-order valence-corrected chi connectivity index (χ3v) is 5.45. The average molecular weight is 302 g/mol. The Morgan fingerprint density at radius 1 is 1.38 bits per heavy atom. The standard InChI is InChI=1S/C12H20BrNOSi/c1-10(2)9-16(3,4)15-8-11-6-5-7-12(13)14-11/h5-7,10H,8-9H2,1-4H3. The maximum Gasteiger partial charge on any atom is 0.187 e. The molecule has 0 saturated carbocycles. The molecule has 1 aromatic rings. The molecule has 16 heavy (non-hydrogen) atoms. The van der Waals surface area contributed by atoms with Gasteiger partial charge in [-0.15, -0.1) is 0 Å². The molecule has 1 heterocycles. The van der Waals surface area contributed by atoms with Crippen molar-refractivity contribution in [1.29, 1.82) is 0 Å². The summed E-state index contributed by atoms with van der Waals surface area (Å²) in [4.78, 5) is 4.37. The lowest BCUT2D eigenvalue weighted by Crippen LogP contribution is -2.31. The van der Waals surface area contributed by atoms with Gasteiger partial charge in [0.05, 0.1) is 12.3 Å². The molecule has 0 aliphatic carbocycles. The lowest BCUT2D eigenvalue weighted by molar-refractivity contribution is 0.286. The molecule has 0 bridgehead atoms. The van der Waals surface area contributed by atoms with E-state index < -0.39 is 8.32 Å². The van der Waals surface area contributed by atoms with Crippen LogP contribution in [0.1, 0.15) is 19.5 Å². The third kappa shape index (κ3) is 5.23. The summed E-state index contributed by atoms with van der Waals surface area (Å²) in [5, 5.41) is 0. The third-order valence-electron chi connectivity index (χ3n) is 2.28. The minimum atomic E-state index is -1.52. The van der Waals surface area contributed by atoms with E-state index in [1.165, 1.54) is 6.04 Å². The SMILES string of the molecule is CC(C)C[Si](C)(C)OCc1cccc(Br)n1. The van der Waals surface area contributed by atoms with Crippen LogP contribution in [0.2, 0.25) is 19.1 Å². The highest BCUT2D eigenvalue weighted by Crippen LogP contribution is 2.19. The fourth-order valence-corrected chi connectivity index (χ4v) is 4.85. The average Bonchev–Trinajstić information content (AvgIpc) is 2.13. The van der Waals surface area contributed by atoms with Crippen LogP contribution in [0.15, 0.2) is 22.8 Å². The van der Waals surface area contributed by atoms with E-state index in [4.69, 9.17) is 4.43 Å². The van der Waals surface area contributed by atoms with Crippen molar-refractivity contribution >= 4 is 24.2 Å².